The van der Waals surface area contributed by atoms with Gasteiger partial charge in [0.25, 0.3) is 0 Å². The van der Waals surface area contributed by atoms with Crippen molar-refractivity contribution in [2.45, 2.75) is 19.3 Å². The molecule has 1 N–H and O–H groups in total. The Balaban J connectivity index is 2.18. The lowest BCUT2D eigenvalue weighted by Gasteiger charge is -2.30. The van der Waals surface area contributed by atoms with Gasteiger partial charge in [0.1, 0.15) is 17.4 Å². The number of allylic oxidation sites excluding steroid dienone is 2. The van der Waals surface area contributed by atoms with E-state index in [9.17, 15) is 5.26 Å². The molecule has 0 spiro atoms. The molecule has 0 bridgehead atoms. The Bertz CT molecular complexity index is 637. The van der Waals surface area contributed by atoms with Gasteiger partial charge in [-0.05, 0) is 29.7 Å². The van der Waals surface area contributed by atoms with E-state index in [2.05, 4.69) is 25.2 Å². The predicted molar refractivity (Wildman–Crippen MR) is 77.7 cm³/mol. The Morgan fingerprint density at radius 2 is 2.11 bits per heavy atom. The zero-order chi connectivity index (χ0) is 13.6. The number of hydrogen-bond acceptors (Lipinski definition) is 3. The number of benzene rings is 1. The first-order chi connectivity index (χ1) is 9.13. The number of rotatable bonds is 1. The van der Waals surface area contributed by atoms with Crippen molar-refractivity contribution in [3.05, 3.63) is 47.3 Å². The Labute approximate surface area is 117 Å². The molecule has 0 aliphatic carbocycles. The summed E-state index contributed by atoms with van der Waals surface area (Å²) in [5.74, 6) is 1.07. The summed E-state index contributed by atoms with van der Waals surface area (Å²) in [6.07, 6.45) is 1.97. The summed E-state index contributed by atoms with van der Waals surface area (Å²) in [5.41, 5.74) is 3.44. The molecule has 4 heteroatoms. The fourth-order valence-electron chi connectivity index (χ4n) is 2.58. The van der Waals surface area contributed by atoms with Crippen LogP contribution in [0.3, 0.4) is 0 Å². The third-order valence-electron chi connectivity index (χ3n) is 3.48. The molecule has 0 amide bonds. The Kier molecular flexibility index (Phi) is 2.76. The number of anilines is 2. The first-order valence-electron chi connectivity index (χ1n) is 6.29. The highest BCUT2D eigenvalue weighted by atomic mass is 35.5. The minimum Gasteiger partial charge on any atom is -0.339 e. The quantitative estimate of drug-likeness (QED) is 0.623. The Morgan fingerprint density at radius 1 is 1.37 bits per heavy atom. The summed E-state index contributed by atoms with van der Waals surface area (Å²) in [6.45, 7) is 4.15. The number of nitriles is 1. The van der Waals surface area contributed by atoms with Crippen LogP contribution in [0.25, 0.3) is 0 Å². The van der Waals surface area contributed by atoms with E-state index in [0.29, 0.717) is 5.57 Å². The van der Waals surface area contributed by atoms with Crippen LogP contribution in [0, 0.1) is 17.2 Å². The largest absolute Gasteiger partial charge is 0.339 e. The Morgan fingerprint density at radius 3 is 2.79 bits per heavy atom. The highest BCUT2D eigenvalue weighted by molar-refractivity contribution is 6.24. The van der Waals surface area contributed by atoms with Gasteiger partial charge in [0.15, 0.2) is 0 Å². The second-order valence-corrected chi connectivity index (χ2v) is 5.44. The minimum atomic E-state index is -0.263. The second kappa shape index (κ2) is 4.32. The first kappa shape index (κ1) is 12.1. The van der Waals surface area contributed by atoms with Gasteiger partial charge in [0, 0.05) is 0 Å². The molecule has 1 atom stereocenters. The molecule has 96 valence electrons. The van der Waals surface area contributed by atoms with Crippen LogP contribution in [0.5, 0.6) is 0 Å². The third kappa shape index (κ3) is 1.72. The van der Waals surface area contributed by atoms with Gasteiger partial charge in [-0.25, -0.2) is 0 Å². The molecule has 1 unspecified atom stereocenters. The fourth-order valence-corrected chi connectivity index (χ4v) is 2.92. The van der Waals surface area contributed by atoms with Crippen molar-refractivity contribution >= 4 is 23.0 Å². The number of hydrogen-bond donors (Lipinski definition) is 1. The lowest BCUT2D eigenvalue weighted by atomic mass is 9.93. The molecule has 1 aromatic carbocycles. The van der Waals surface area contributed by atoms with E-state index in [1.165, 1.54) is 0 Å². The third-order valence-corrected chi connectivity index (χ3v) is 3.80. The number of alkyl halides is 1. The van der Waals surface area contributed by atoms with Crippen LogP contribution < -0.4 is 10.2 Å². The SMILES string of the molecule is CC(C)C1=CC(Cl)N2C(=C1C#N)Nc1ccccc12. The highest BCUT2D eigenvalue weighted by Gasteiger charge is 2.35. The molecule has 2 aliphatic rings. The summed E-state index contributed by atoms with van der Waals surface area (Å²) in [5, 5.41) is 12.8. The van der Waals surface area contributed by atoms with Gasteiger partial charge < -0.3 is 10.2 Å². The van der Waals surface area contributed by atoms with E-state index in [1.54, 1.807) is 0 Å². The maximum absolute atomic E-state index is 9.46. The van der Waals surface area contributed by atoms with Crippen molar-refractivity contribution in [1.82, 2.24) is 0 Å². The number of nitrogens with zero attached hydrogens (tertiary/aromatic N) is 2. The summed E-state index contributed by atoms with van der Waals surface area (Å²) in [6, 6.07) is 10.3. The summed E-state index contributed by atoms with van der Waals surface area (Å²) < 4.78 is 0. The number of para-hydroxylation sites is 2. The smallest absolute Gasteiger partial charge is 0.130 e. The number of halogens is 1. The average Bonchev–Trinajstić information content (AvgIpc) is 2.78. The van der Waals surface area contributed by atoms with Crippen molar-refractivity contribution in [2.24, 2.45) is 5.92 Å². The molecule has 1 aromatic rings. The normalized spacial score (nSPS) is 20.7. The number of nitrogens with one attached hydrogen (secondary N) is 1. The van der Waals surface area contributed by atoms with E-state index < -0.39 is 0 Å². The van der Waals surface area contributed by atoms with Crippen LogP contribution in [-0.4, -0.2) is 5.50 Å². The van der Waals surface area contributed by atoms with Crippen LogP contribution in [0.1, 0.15) is 13.8 Å². The van der Waals surface area contributed by atoms with E-state index in [1.807, 2.05) is 35.2 Å². The first-order valence-corrected chi connectivity index (χ1v) is 6.73. The average molecular weight is 272 g/mol. The topological polar surface area (TPSA) is 39.1 Å². The van der Waals surface area contributed by atoms with Crippen LogP contribution in [0.4, 0.5) is 11.4 Å². The van der Waals surface area contributed by atoms with Crippen LogP contribution >= 0.6 is 11.6 Å². The lowest BCUT2D eigenvalue weighted by molar-refractivity contribution is 0.758. The Hall–Kier alpha value is -1.92. The summed E-state index contributed by atoms with van der Waals surface area (Å²) >= 11 is 6.47. The molecular weight excluding hydrogens is 258 g/mol. The van der Waals surface area contributed by atoms with E-state index >= 15 is 0 Å². The molecule has 0 saturated carbocycles. The standard InChI is InChI=1S/C15H14ClN3/c1-9(2)10-7-14(16)19-13-6-4-3-5-12(13)18-15(19)11(10)8-17/h3-7,9,14,18H,1-2H3. The lowest BCUT2D eigenvalue weighted by Crippen LogP contribution is -2.33. The van der Waals surface area contributed by atoms with Gasteiger partial charge in [-0.1, -0.05) is 37.6 Å². The van der Waals surface area contributed by atoms with Crippen molar-refractivity contribution < 1.29 is 0 Å². The molecule has 0 aromatic heterocycles. The molecule has 2 heterocycles. The van der Waals surface area contributed by atoms with E-state index in [-0.39, 0.29) is 11.4 Å². The van der Waals surface area contributed by atoms with Crippen LogP contribution in [0.15, 0.2) is 47.3 Å². The van der Waals surface area contributed by atoms with E-state index in [4.69, 9.17) is 11.6 Å². The van der Waals surface area contributed by atoms with Gasteiger partial charge >= 0.3 is 0 Å². The van der Waals surface area contributed by atoms with Crippen molar-refractivity contribution in [3.63, 3.8) is 0 Å². The van der Waals surface area contributed by atoms with Crippen molar-refractivity contribution in [3.8, 4) is 6.07 Å². The van der Waals surface area contributed by atoms with Gasteiger partial charge in [0.2, 0.25) is 0 Å². The minimum absolute atomic E-state index is 0.263. The maximum Gasteiger partial charge on any atom is 0.130 e. The molecule has 0 fully saturated rings. The molecule has 2 aliphatic heterocycles. The molecule has 0 radical (unpaired) electrons. The van der Waals surface area contributed by atoms with Crippen molar-refractivity contribution in [2.75, 3.05) is 10.2 Å². The molecular formula is C15H14ClN3. The second-order valence-electron chi connectivity index (χ2n) is 5.00. The maximum atomic E-state index is 9.46. The van der Waals surface area contributed by atoms with Gasteiger partial charge in [-0.2, -0.15) is 5.26 Å². The zero-order valence-electron chi connectivity index (χ0n) is 10.8. The number of fused-ring (bicyclic) bond motifs is 3. The van der Waals surface area contributed by atoms with E-state index in [0.717, 1.165) is 22.8 Å². The van der Waals surface area contributed by atoms with Crippen LogP contribution in [0.2, 0.25) is 0 Å². The highest BCUT2D eigenvalue weighted by Crippen LogP contribution is 2.44. The van der Waals surface area contributed by atoms with Gasteiger partial charge in [-0.15, -0.1) is 0 Å². The van der Waals surface area contributed by atoms with Crippen molar-refractivity contribution in [1.29, 1.82) is 5.26 Å². The fraction of sp³-hybridized carbons (Fsp3) is 0.267. The zero-order valence-corrected chi connectivity index (χ0v) is 11.6. The van der Waals surface area contributed by atoms with Gasteiger partial charge in [0.05, 0.1) is 16.9 Å². The summed E-state index contributed by atoms with van der Waals surface area (Å²) in [4.78, 5) is 1.97. The van der Waals surface area contributed by atoms with Crippen LogP contribution in [-0.2, 0) is 0 Å². The molecule has 3 rings (SSSR count). The monoisotopic (exact) mass is 271 g/mol. The molecule has 19 heavy (non-hydrogen) atoms. The van der Waals surface area contributed by atoms with Gasteiger partial charge in [-0.3, -0.25) is 0 Å². The molecule has 0 saturated heterocycles. The molecule has 3 nitrogen and oxygen atoms in total. The summed E-state index contributed by atoms with van der Waals surface area (Å²) in [7, 11) is 0. The predicted octanol–water partition coefficient (Wildman–Crippen LogP) is 3.81.